The Balaban J connectivity index is 1.51. The molecule has 5 nitrogen and oxygen atoms in total. The van der Waals surface area contributed by atoms with Crippen LogP contribution < -0.4 is 4.74 Å². The maximum absolute atomic E-state index is 12.6. The summed E-state index contributed by atoms with van der Waals surface area (Å²) in [6.07, 6.45) is -0.635. The van der Waals surface area contributed by atoms with E-state index in [0.29, 0.717) is 17.9 Å². The first kappa shape index (κ1) is 25.0. The third-order valence-corrected chi connectivity index (χ3v) is 5.55. The summed E-state index contributed by atoms with van der Waals surface area (Å²) in [6.45, 7) is 2.00. The van der Waals surface area contributed by atoms with Crippen molar-refractivity contribution in [3.05, 3.63) is 65.2 Å². The lowest BCUT2D eigenvalue weighted by Gasteiger charge is -2.32. The molecule has 1 atom stereocenters. The summed E-state index contributed by atoms with van der Waals surface area (Å²) in [5.41, 5.74) is 0.816. The van der Waals surface area contributed by atoms with Crippen molar-refractivity contribution in [1.29, 1.82) is 0 Å². The van der Waals surface area contributed by atoms with Crippen LogP contribution in [0.1, 0.15) is 36.0 Å². The van der Waals surface area contributed by atoms with Gasteiger partial charge in [0.05, 0.1) is 19.1 Å². The molecule has 1 fully saturated rings. The highest BCUT2D eigenvalue weighted by molar-refractivity contribution is 7.79. The molecule has 2 aromatic carbocycles. The Bertz CT molecular complexity index is 912. The highest BCUT2D eigenvalue weighted by Gasteiger charge is 2.29. The molecule has 1 saturated heterocycles. The number of likely N-dealkylation sites (tertiary alicyclic amines) is 1. The van der Waals surface area contributed by atoms with E-state index in [1.807, 2.05) is 24.3 Å². The van der Waals surface area contributed by atoms with Crippen LogP contribution in [0.5, 0.6) is 5.75 Å². The lowest BCUT2D eigenvalue weighted by molar-refractivity contribution is -0.137. The van der Waals surface area contributed by atoms with Crippen LogP contribution >= 0.6 is 12.2 Å². The molecule has 9 heteroatoms. The lowest BCUT2D eigenvalue weighted by Crippen LogP contribution is -2.43. The Kier molecular flexibility index (Phi) is 9.08. The second-order valence-corrected chi connectivity index (χ2v) is 7.99. The van der Waals surface area contributed by atoms with E-state index < -0.39 is 11.7 Å². The molecule has 0 saturated carbocycles. The zero-order valence-corrected chi connectivity index (χ0v) is 19.2. The molecule has 0 N–H and O–H groups in total. The fourth-order valence-corrected chi connectivity index (χ4v) is 3.70. The van der Waals surface area contributed by atoms with Gasteiger partial charge in [-0.2, -0.15) is 13.2 Å². The number of ether oxygens (including phenoxy) is 2. The molecule has 1 unspecified atom stereocenters. The summed E-state index contributed by atoms with van der Waals surface area (Å²) in [4.78, 5) is 7.51. The number of hydrogen-bond acceptors (Lipinski definition) is 6. The van der Waals surface area contributed by atoms with E-state index >= 15 is 0 Å². The first-order chi connectivity index (χ1) is 15.9. The van der Waals surface area contributed by atoms with Crippen molar-refractivity contribution in [2.75, 3.05) is 20.2 Å². The Morgan fingerprint density at radius 3 is 2.24 bits per heavy atom. The van der Waals surface area contributed by atoms with Gasteiger partial charge in [-0.25, -0.2) is 0 Å². The second-order valence-electron chi connectivity index (χ2n) is 7.72. The normalized spacial score (nSPS) is 16.2. The van der Waals surface area contributed by atoms with Crippen LogP contribution in [-0.4, -0.2) is 42.6 Å². The average molecular weight is 481 g/mol. The van der Waals surface area contributed by atoms with Crippen LogP contribution in [0.4, 0.5) is 13.2 Å². The van der Waals surface area contributed by atoms with E-state index in [1.165, 1.54) is 25.7 Å². The molecule has 0 aromatic heterocycles. The van der Waals surface area contributed by atoms with Gasteiger partial charge in [0.1, 0.15) is 12.4 Å². The van der Waals surface area contributed by atoms with E-state index in [2.05, 4.69) is 10.1 Å². The van der Waals surface area contributed by atoms with Crippen LogP contribution in [0.3, 0.4) is 0 Å². The molecular formula is C24H27F3N2O3S. The van der Waals surface area contributed by atoms with Crippen molar-refractivity contribution in [2.24, 2.45) is 5.16 Å². The number of methoxy groups -OCH3 is 1. The number of thiocarbonyl (C=S) groups is 1. The molecule has 0 radical (unpaired) electrons. The summed E-state index contributed by atoms with van der Waals surface area (Å²) < 4.78 is 49.2. The van der Waals surface area contributed by atoms with Crippen LogP contribution in [0.2, 0.25) is 0 Å². The minimum Gasteiger partial charge on any atom is -0.482 e. The summed E-state index contributed by atoms with van der Waals surface area (Å²) in [5.74, 6) is 1.07. The summed E-state index contributed by atoms with van der Waals surface area (Å²) in [6, 6.07) is 12.3. The van der Waals surface area contributed by atoms with Crippen molar-refractivity contribution in [3.63, 3.8) is 0 Å². The van der Waals surface area contributed by atoms with E-state index in [-0.39, 0.29) is 12.8 Å². The van der Waals surface area contributed by atoms with E-state index in [1.54, 1.807) is 5.37 Å². The van der Waals surface area contributed by atoms with Gasteiger partial charge >= 0.3 is 6.18 Å². The van der Waals surface area contributed by atoms with Crippen LogP contribution in [0, 0.1) is 0 Å². The Labute approximate surface area is 197 Å². The molecule has 2 aromatic rings. The minimum absolute atomic E-state index is 0.0350. The van der Waals surface area contributed by atoms with E-state index in [4.69, 9.17) is 26.5 Å². The smallest absolute Gasteiger partial charge is 0.416 e. The molecule has 178 valence electrons. The van der Waals surface area contributed by atoms with Gasteiger partial charge in [0, 0.05) is 18.5 Å². The highest BCUT2D eigenvalue weighted by Crippen LogP contribution is 2.29. The van der Waals surface area contributed by atoms with Crippen molar-refractivity contribution >= 4 is 23.5 Å². The quantitative estimate of drug-likeness (QED) is 0.202. The average Bonchev–Trinajstić information content (AvgIpc) is 2.83. The van der Waals surface area contributed by atoms with E-state index in [0.717, 1.165) is 49.4 Å². The van der Waals surface area contributed by atoms with Gasteiger partial charge in [-0.05, 0) is 48.2 Å². The largest absolute Gasteiger partial charge is 0.482 e. The molecule has 0 aliphatic carbocycles. The Morgan fingerprint density at radius 1 is 1.03 bits per heavy atom. The molecule has 0 spiro atoms. The maximum Gasteiger partial charge on any atom is 0.416 e. The predicted molar refractivity (Wildman–Crippen MR) is 124 cm³/mol. The number of oxime groups is 1. The van der Waals surface area contributed by atoms with Gasteiger partial charge in [0.25, 0.3) is 0 Å². The molecule has 1 heterocycles. The van der Waals surface area contributed by atoms with Crippen LogP contribution in [-0.2, 0) is 28.8 Å². The zero-order valence-electron chi connectivity index (χ0n) is 18.4. The number of piperidine rings is 1. The number of halogens is 3. The van der Waals surface area contributed by atoms with Crippen molar-refractivity contribution < 1.29 is 27.5 Å². The highest BCUT2D eigenvalue weighted by atomic mass is 32.1. The molecular weight excluding hydrogens is 453 g/mol. The van der Waals surface area contributed by atoms with Gasteiger partial charge in [0.2, 0.25) is 5.90 Å². The molecule has 33 heavy (non-hydrogen) atoms. The van der Waals surface area contributed by atoms with Gasteiger partial charge in [-0.1, -0.05) is 48.1 Å². The van der Waals surface area contributed by atoms with Crippen molar-refractivity contribution in [1.82, 2.24) is 4.90 Å². The summed E-state index contributed by atoms with van der Waals surface area (Å²) in [5, 5.41) is 5.62. The first-order valence-corrected chi connectivity index (χ1v) is 11.2. The summed E-state index contributed by atoms with van der Waals surface area (Å²) in [7, 11) is 1.49. The fraction of sp³-hybridized carbons (Fsp3) is 0.417. The SMILES string of the molecule is COC(Cc1ccc(OC(C=S)N2CCCCC2)cc1)=NOCc1ccc(C(F)(F)F)cc1. The molecule has 1 aliphatic heterocycles. The van der Waals surface area contributed by atoms with Gasteiger partial charge in [-0.3, -0.25) is 4.90 Å². The molecule has 0 amide bonds. The van der Waals surface area contributed by atoms with Gasteiger partial charge < -0.3 is 14.3 Å². The number of alkyl halides is 3. The molecule has 3 rings (SSSR count). The number of rotatable bonds is 9. The van der Waals surface area contributed by atoms with E-state index in [9.17, 15) is 13.2 Å². The Morgan fingerprint density at radius 2 is 1.67 bits per heavy atom. The Hall–Kier alpha value is -2.65. The lowest BCUT2D eigenvalue weighted by atomic mass is 10.1. The standard InChI is InChI=1S/C24H27F3N2O3S/c1-30-22(28-31-16-19-5-9-20(10-6-19)24(25,26)27)15-18-7-11-21(12-8-18)32-23(17-33)29-13-3-2-4-14-29/h5-12,17,23H,2-4,13-16H2,1H3. The monoisotopic (exact) mass is 480 g/mol. The van der Waals surface area contributed by atoms with Gasteiger partial charge in [0.15, 0.2) is 6.23 Å². The number of benzene rings is 2. The fourth-order valence-electron chi connectivity index (χ4n) is 3.47. The first-order valence-electron chi connectivity index (χ1n) is 10.7. The maximum atomic E-state index is 12.6. The van der Waals surface area contributed by atoms with Crippen molar-refractivity contribution in [3.8, 4) is 5.75 Å². The number of nitrogens with zero attached hydrogens (tertiary/aromatic N) is 2. The minimum atomic E-state index is -4.36. The van der Waals surface area contributed by atoms with Crippen molar-refractivity contribution in [2.45, 2.75) is 44.7 Å². The van der Waals surface area contributed by atoms with Crippen LogP contribution in [0.25, 0.3) is 0 Å². The topological polar surface area (TPSA) is 43.3 Å². The third kappa shape index (κ3) is 7.71. The van der Waals surface area contributed by atoms with Crippen LogP contribution in [0.15, 0.2) is 53.7 Å². The zero-order chi connectivity index (χ0) is 23.7. The number of hydrogen-bond donors (Lipinski definition) is 0. The third-order valence-electron chi connectivity index (χ3n) is 5.32. The predicted octanol–water partition coefficient (Wildman–Crippen LogP) is 5.62. The second kappa shape index (κ2) is 12.0. The summed E-state index contributed by atoms with van der Waals surface area (Å²) >= 11 is 5.16. The molecule has 0 bridgehead atoms. The van der Waals surface area contributed by atoms with Gasteiger partial charge in [-0.15, -0.1) is 0 Å². The molecule has 1 aliphatic rings.